The van der Waals surface area contributed by atoms with E-state index in [0.29, 0.717) is 30.7 Å². The number of esters is 1. The summed E-state index contributed by atoms with van der Waals surface area (Å²) in [4.78, 5) is 23.9. The molecule has 6 heteroatoms. The molecular weight excluding hydrogens is 378 g/mol. The van der Waals surface area contributed by atoms with Crippen LogP contribution in [0, 0.1) is 13.8 Å². The lowest BCUT2D eigenvalue weighted by Gasteiger charge is -2.10. The van der Waals surface area contributed by atoms with Gasteiger partial charge in [0, 0.05) is 17.1 Å². The molecule has 0 unspecified atom stereocenters. The summed E-state index contributed by atoms with van der Waals surface area (Å²) in [6, 6.07) is 10.4. The summed E-state index contributed by atoms with van der Waals surface area (Å²) in [6.07, 6.45) is 0.753. The first-order valence-electron chi connectivity index (χ1n) is 9.26. The molecule has 0 saturated carbocycles. The first kappa shape index (κ1) is 21.8. The van der Waals surface area contributed by atoms with Crippen molar-refractivity contribution in [2.24, 2.45) is 0 Å². The molecule has 0 saturated heterocycles. The molecule has 2 aromatic carbocycles. The fraction of sp³-hybridized carbons (Fsp3) is 0.364. The van der Waals surface area contributed by atoms with Crippen LogP contribution in [0.3, 0.4) is 0 Å². The Kier molecular flexibility index (Phi) is 7.88. The van der Waals surface area contributed by atoms with E-state index in [4.69, 9.17) is 21.1 Å². The van der Waals surface area contributed by atoms with Crippen LogP contribution in [-0.4, -0.2) is 24.6 Å². The van der Waals surface area contributed by atoms with E-state index in [1.807, 2.05) is 26.0 Å². The van der Waals surface area contributed by atoms with Gasteiger partial charge in [0.2, 0.25) is 5.91 Å². The van der Waals surface area contributed by atoms with Gasteiger partial charge in [0.25, 0.3) is 0 Å². The summed E-state index contributed by atoms with van der Waals surface area (Å²) >= 11 is 6.14. The van der Waals surface area contributed by atoms with Gasteiger partial charge in [0.05, 0.1) is 18.3 Å². The predicted octanol–water partition coefficient (Wildman–Crippen LogP) is 5.32. The molecule has 0 aliphatic carbocycles. The Balaban J connectivity index is 1.76. The van der Waals surface area contributed by atoms with Crippen LogP contribution in [0.4, 0.5) is 5.69 Å². The first-order valence-corrected chi connectivity index (χ1v) is 9.64. The van der Waals surface area contributed by atoms with Crippen LogP contribution in [0.25, 0.3) is 0 Å². The van der Waals surface area contributed by atoms with E-state index >= 15 is 0 Å². The van der Waals surface area contributed by atoms with Crippen LogP contribution in [-0.2, 0) is 9.53 Å². The van der Waals surface area contributed by atoms with Crippen LogP contribution in [0.15, 0.2) is 36.4 Å². The minimum absolute atomic E-state index is 0.107. The quantitative estimate of drug-likeness (QED) is 0.478. The highest BCUT2D eigenvalue weighted by molar-refractivity contribution is 6.32. The standard InChI is InChI=1S/C22H26ClNO4/c1-14(2)28-22(26)17-7-9-18(10-8-17)24-20(25)6-5-11-27-19-12-15(3)21(23)16(4)13-19/h7-10,12-14H,5-6,11H2,1-4H3,(H,24,25). The molecule has 0 aliphatic heterocycles. The third-order valence-corrected chi connectivity index (χ3v) is 4.57. The number of rotatable bonds is 8. The monoisotopic (exact) mass is 403 g/mol. The second kappa shape index (κ2) is 10.1. The average molecular weight is 404 g/mol. The maximum absolute atomic E-state index is 12.1. The van der Waals surface area contributed by atoms with Gasteiger partial charge in [0.15, 0.2) is 0 Å². The number of amides is 1. The van der Waals surface area contributed by atoms with Crippen LogP contribution in [0.1, 0.15) is 48.2 Å². The van der Waals surface area contributed by atoms with Crippen molar-refractivity contribution >= 4 is 29.2 Å². The molecule has 0 radical (unpaired) electrons. The summed E-state index contributed by atoms with van der Waals surface area (Å²) in [7, 11) is 0. The van der Waals surface area contributed by atoms with Gasteiger partial charge in [-0.3, -0.25) is 4.79 Å². The Labute approximate surface area is 171 Å². The van der Waals surface area contributed by atoms with Crippen molar-refractivity contribution < 1.29 is 19.1 Å². The topological polar surface area (TPSA) is 64.6 Å². The van der Waals surface area contributed by atoms with Gasteiger partial charge < -0.3 is 14.8 Å². The smallest absolute Gasteiger partial charge is 0.338 e. The zero-order valence-electron chi connectivity index (χ0n) is 16.7. The van der Waals surface area contributed by atoms with Crippen molar-refractivity contribution in [1.82, 2.24) is 0 Å². The molecule has 0 bridgehead atoms. The Morgan fingerprint density at radius 3 is 2.25 bits per heavy atom. The summed E-state index contributed by atoms with van der Waals surface area (Å²) in [5.74, 6) is 0.269. The molecular formula is C22H26ClNO4. The number of aryl methyl sites for hydroxylation is 2. The normalized spacial score (nSPS) is 10.6. The molecule has 5 nitrogen and oxygen atoms in total. The highest BCUT2D eigenvalue weighted by Gasteiger charge is 2.10. The molecule has 0 spiro atoms. The molecule has 1 amide bonds. The van der Waals surface area contributed by atoms with Gasteiger partial charge in [-0.2, -0.15) is 0 Å². The number of halogens is 1. The van der Waals surface area contributed by atoms with Crippen molar-refractivity contribution in [1.29, 1.82) is 0 Å². The van der Waals surface area contributed by atoms with E-state index in [1.54, 1.807) is 38.1 Å². The van der Waals surface area contributed by atoms with E-state index in [1.165, 1.54) is 0 Å². The van der Waals surface area contributed by atoms with E-state index in [-0.39, 0.29) is 18.0 Å². The lowest BCUT2D eigenvalue weighted by Crippen LogP contribution is -2.14. The molecule has 150 valence electrons. The molecule has 0 heterocycles. The summed E-state index contributed by atoms with van der Waals surface area (Å²) in [6.45, 7) is 7.90. The number of carbonyl (C=O) groups is 2. The largest absolute Gasteiger partial charge is 0.494 e. The number of nitrogens with one attached hydrogen (secondary N) is 1. The highest BCUT2D eigenvalue weighted by atomic mass is 35.5. The number of ether oxygens (including phenoxy) is 2. The van der Waals surface area contributed by atoms with Gasteiger partial charge in [0.1, 0.15) is 5.75 Å². The van der Waals surface area contributed by atoms with Crippen LogP contribution < -0.4 is 10.1 Å². The van der Waals surface area contributed by atoms with E-state index < -0.39 is 0 Å². The predicted molar refractivity (Wildman–Crippen MR) is 111 cm³/mol. The molecule has 0 aromatic heterocycles. The van der Waals surface area contributed by atoms with Crippen molar-refractivity contribution in [3.63, 3.8) is 0 Å². The van der Waals surface area contributed by atoms with Crippen molar-refractivity contribution in [3.8, 4) is 5.75 Å². The zero-order valence-corrected chi connectivity index (χ0v) is 17.4. The van der Waals surface area contributed by atoms with Crippen LogP contribution in [0.2, 0.25) is 5.02 Å². The van der Waals surface area contributed by atoms with Crippen LogP contribution in [0.5, 0.6) is 5.75 Å². The third-order valence-electron chi connectivity index (χ3n) is 3.97. The summed E-state index contributed by atoms with van der Waals surface area (Å²) in [5, 5.41) is 3.55. The van der Waals surface area contributed by atoms with Gasteiger partial charge >= 0.3 is 5.97 Å². The molecule has 0 atom stereocenters. The molecule has 0 fully saturated rings. The second-order valence-corrected chi connectivity index (χ2v) is 7.28. The Bertz CT molecular complexity index is 808. The average Bonchev–Trinajstić information content (AvgIpc) is 2.63. The Morgan fingerprint density at radius 2 is 1.68 bits per heavy atom. The molecule has 2 rings (SSSR count). The zero-order chi connectivity index (χ0) is 20.7. The van der Waals surface area contributed by atoms with Gasteiger partial charge in [-0.25, -0.2) is 4.79 Å². The number of anilines is 1. The Morgan fingerprint density at radius 1 is 1.07 bits per heavy atom. The second-order valence-electron chi connectivity index (χ2n) is 6.90. The van der Waals surface area contributed by atoms with Crippen molar-refractivity contribution in [2.45, 2.75) is 46.6 Å². The van der Waals surface area contributed by atoms with Gasteiger partial charge in [-0.1, -0.05) is 11.6 Å². The van der Waals surface area contributed by atoms with E-state index in [0.717, 1.165) is 21.9 Å². The number of hydrogen-bond acceptors (Lipinski definition) is 4. The fourth-order valence-corrected chi connectivity index (χ4v) is 2.72. The van der Waals surface area contributed by atoms with Crippen molar-refractivity contribution in [2.75, 3.05) is 11.9 Å². The summed E-state index contributed by atoms with van der Waals surface area (Å²) in [5.41, 5.74) is 3.02. The lowest BCUT2D eigenvalue weighted by molar-refractivity contribution is -0.116. The summed E-state index contributed by atoms with van der Waals surface area (Å²) < 4.78 is 10.8. The fourth-order valence-electron chi connectivity index (χ4n) is 2.61. The first-order chi connectivity index (χ1) is 13.3. The molecule has 1 N–H and O–H groups in total. The molecule has 2 aromatic rings. The maximum atomic E-state index is 12.1. The molecule has 0 aliphatic rings. The SMILES string of the molecule is Cc1cc(OCCCC(=O)Nc2ccc(C(=O)OC(C)C)cc2)cc(C)c1Cl. The van der Waals surface area contributed by atoms with E-state index in [9.17, 15) is 9.59 Å². The minimum atomic E-state index is -0.377. The van der Waals surface area contributed by atoms with Gasteiger partial charge in [-0.15, -0.1) is 0 Å². The highest BCUT2D eigenvalue weighted by Crippen LogP contribution is 2.26. The number of benzene rings is 2. The molecule has 28 heavy (non-hydrogen) atoms. The third kappa shape index (κ3) is 6.57. The number of carbonyl (C=O) groups excluding carboxylic acids is 2. The number of hydrogen-bond donors (Lipinski definition) is 1. The Hall–Kier alpha value is -2.53. The minimum Gasteiger partial charge on any atom is -0.494 e. The van der Waals surface area contributed by atoms with E-state index in [2.05, 4.69) is 5.32 Å². The van der Waals surface area contributed by atoms with Crippen molar-refractivity contribution in [3.05, 3.63) is 58.1 Å². The maximum Gasteiger partial charge on any atom is 0.338 e. The van der Waals surface area contributed by atoms with Crippen LogP contribution >= 0.6 is 11.6 Å². The van der Waals surface area contributed by atoms with Gasteiger partial charge in [-0.05, 0) is 81.6 Å². The lowest BCUT2D eigenvalue weighted by atomic mass is 10.1.